The van der Waals surface area contributed by atoms with E-state index < -0.39 is 0 Å². The molecule has 0 aromatic heterocycles. The molecule has 16 heavy (non-hydrogen) atoms. The largest absolute Gasteiger partial charge is 0.494 e. The minimum absolute atomic E-state index is 0.854. The molecule has 0 aliphatic rings. The van der Waals surface area contributed by atoms with Gasteiger partial charge in [0.2, 0.25) is 0 Å². The molecular weight excluding hydrogens is 311 g/mol. The van der Waals surface area contributed by atoms with Crippen LogP contribution in [0.15, 0.2) is 24.3 Å². The third-order valence-electron chi connectivity index (χ3n) is 2.58. The van der Waals surface area contributed by atoms with E-state index in [4.69, 9.17) is 4.74 Å². The molecule has 90 valence electrons. The van der Waals surface area contributed by atoms with E-state index >= 15 is 0 Å². The van der Waals surface area contributed by atoms with Crippen molar-refractivity contribution in [1.82, 2.24) is 0 Å². The van der Waals surface area contributed by atoms with Gasteiger partial charge in [-0.05, 0) is 53.3 Å². The topological polar surface area (TPSA) is 9.23 Å². The molecule has 1 rings (SSSR count). The maximum absolute atomic E-state index is 5.66. The zero-order valence-corrected chi connectivity index (χ0v) is 12.2. The lowest BCUT2D eigenvalue weighted by Gasteiger charge is -2.05. The summed E-state index contributed by atoms with van der Waals surface area (Å²) in [7, 11) is 0. The molecule has 0 amide bonds. The van der Waals surface area contributed by atoms with Gasteiger partial charge in [-0.1, -0.05) is 39.0 Å². The fourth-order valence-corrected chi connectivity index (χ4v) is 1.96. The van der Waals surface area contributed by atoms with Crippen molar-refractivity contribution in [3.63, 3.8) is 0 Å². The normalized spacial score (nSPS) is 10.4. The summed E-state index contributed by atoms with van der Waals surface area (Å²) in [6.45, 7) is 3.10. The summed E-state index contributed by atoms with van der Waals surface area (Å²) < 4.78 is 6.92. The number of ether oxygens (including phenoxy) is 1. The molecule has 0 saturated carbocycles. The highest BCUT2D eigenvalue weighted by atomic mass is 127. The molecule has 0 bridgehead atoms. The Hall–Kier alpha value is -0.250. The zero-order valence-electron chi connectivity index (χ0n) is 10.0. The van der Waals surface area contributed by atoms with Gasteiger partial charge in [0, 0.05) is 3.57 Å². The Kier molecular flexibility index (Phi) is 7.64. The highest BCUT2D eigenvalue weighted by Crippen LogP contribution is 2.14. The molecule has 0 unspecified atom stereocenters. The minimum Gasteiger partial charge on any atom is -0.494 e. The fraction of sp³-hybridized carbons (Fsp3) is 0.571. The Morgan fingerprint density at radius 1 is 0.938 bits per heavy atom. The van der Waals surface area contributed by atoms with Crippen LogP contribution in [0.1, 0.15) is 45.4 Å². The maximum Gasteiger partial charge on any atom is 0.119 e. The van der Waals surface area contributed by atoms with Crippen LogP contribution in [0.25, 0.3) is 0 Å². The summed E-state index contributed by atoms with van der Waals surface area (Å²) in [6.07, 6.45) is 7.89. The van der Waals surface area contributed by atoms with Crippen LogP contribution in [0.4, 0.5) is 0 Å². The molecule has 0 radical (unpaired) electrons. The molecule has 1 nitrogen and oxygen atoms in total. The van der Waals surface area contributed by atoms with E-state index in [2.05, 4.69) is 41.6 Å². The third kappa shape index (κ3) is 6.36. The second kappa shape index (κ2) is 8.85. The van der Waals surface area contributed by atoms with Gasteiger partial charge in [-0.15, -0.1) is 0 Å². The van der Waals surface area contributed by atoms with E-state index in [1.54, 1.807) is 0 Å². The standard InChI is InChI=1S/C14H21IO/c1-2-3-4-5-6-7-12-16-14-10-8-13(15)9-11-14/h8-11H,2-7,12H2,1H3. The van der Waals surface area contributed by atoms with Crippen molar-refractivity contribution in [2.24, 2.45) is 0 Å². The van der Waals surface area contributed by atoms with Crippen molar-refractivity contribution in [2.45, 2.75) is 45.4 Å². The highest BCUT2D eigenvalue weighted by molar-refractivity contribution is 14.1. The number of benzene rings is 1. The Labute approximate surface area is 113 Å². The lowest BCUT2D eigenvalue weighted by molar-refractivity contribution is 0.304. The summed E-state index contributed by atoms with van der Waals surface area (Å²) in [5.41, 5.74) is 0. The van der Waals surface area contributed by atoms with Gasteiger partial charge in [0.15, 0.2) is 0 Å². The molecule has 0 atom stereocenters. The molecule has 0 spiro atoms. The summed E-state index contributed by atoms with van der Waals surface area (Å²) in [6, 6.07) is 8.24. The zero-order chi connectivity index (χ0) is 11.6. The number of halogens is 1. The maximum atomic E-state index is 5.66. The van der Waals surface area contributed by atoms with Crippen LogP contribution in [0.5, 0.6) is 5.75 Å². The highest BCUT2D eigenvalue weighted by Gasteiger charge is 1.94. The van der Waals surface area contributed by atoms with Crippen molar-refractivity contribution in [2.75, 3.05) is 6.61 Å². The Bertz CT molecular complexity index is 269. The monoisotopic (exact) mass is 332 g/mol. The number of hydrogen-bond acceptors (Lipinski definition) is 1. The van der Waals surface area contributed by atoms with Crippen LogP contribution < -0.4 is 4.74 Å². The van der Waals surface area contributed by atoms with Crippen molar-refractivity contribution >= 4 is 22.6 Å². The SMILES string of the molecule is CCCCCCCCOc1ccc(I)cc1. The van der Waals surface area contributed by atoms with Gasteiger partial charge in [-0.2, -0.15) is 0 Å². The van der Waals surface area contributed by atoms with Gasteiger partial charge in [-0.25, -0.2) is 0 Å². The molecule has 2 heteroatoms. The van der Waals surface area contributed by atoms with Crippen molar-refractivity contribution < 1.29 is 4.74 Å². The van der Waals surface area contributed by atoms with Crippen molar-refractivity contribution in [1.29, 1.82) is 0 Å². The van der Waals surface area contributed by atoms with Crippen LogP contribution in [-0.4, -0.2) is 6.61 Å². The van der Waals surface area contributed by atoms with E-state index in [0.29, 0.717) is 0 Å². The molecule has 0 saturated heterocycles. The van der Waals surface area contributed by atoms with Crippen LogP contribution in [-0.2, 0) is 0 Å². The number of rotatable bonds is 8. The lowest BCUT2D eigenvalue weighted by Crippen LogP contribution is -1.97. The Balaban J connectivity index is 2.01. The molecule has 0 aliphatic heterocycles. The first-order chi connectivity index (χ1) is 7.83. The molecule has 0 fully saturated rings. The Morgan fingerprint density at radius 3 is 2.25 bits per heavy atom. The van der Waals surface area contributed by atoms with Crippen LogP contribution in [0.2, 0.25) is 0 Å². The van der Waals surface area contributed by atoms with E-state index in [-0.39, 0.29) is 0 Å². The fourth-order valence-electron chi connectivity index (χ4n) is 1.60. The smallest absolute Gasteiger partial charge is 0.119 e. The van der Waals surface area contributed by atoms with Gasteiger partial charge in [0.25, 0.3) is 0 Å². The molecule has 1 aromatic rings. The number of hydrogen-bond donors (Lipinski definition) is 0. The van der Waals surface area contributed by atoms with E-state index in [9.17, 15) is 0 Å². The lowest BCUT2D eigenvalue weighted by atomic mass is 10.1. The summed E-state index contributed by atoms with van der Waals surface area (Å²) in [4.78, 5) is 0. The molecule has 0 heterocycles. The average molecular weight is 332 g/mol. The number of unbranched alkanes of at least 4 members (excludes halogenated alkanes) is 5. The van der Waals surface area contributed by atoms with Crippen LogP contribution in [0, 0.1) is 3.57 Å². The van der Waals surface area contributed by atoms with Crippen molar-refractivity contribution in [3.05, 3.63) is 27.8 Å². The van der Waals surface area contributed by atoms with E-state index in [1.807, 2.05) is 12.1 Å². The molecule has 0 aliphatic carbocycles. The molecule has 0 N–H and O–H groups in total. The second-order valence-corrected chi connectivity index (χ2v) is 5.32. The predicted molar refractivity (Wildman–Crippen MR) is 78.0 cm³/mol. The first-order valence-corrected chi connectivity index (χ1v) is 7.29. The predicted octanol–water partition coefficient (Wildman–Crippen LogP) is 5.03. The van der Waals surface area contributed by atoms with Gasteiger partial charge in [0.1, 0.15) is 5.75 Å². The second-order valence-electron chi connectivity index (χ2n) is 4.07. The minimum atomic E-state index is 0.854. The summed E-state index contributed by atoms with van der Waals surface area (Å²) in [5.74, 6) is 0.994. The Morgan fingerprint density at radius 2 is 1.56 bits per heavy atom. The van der Waals surface area contributed by atoms with Crippen LogP contribution >= 0.6 is 22.6 Å². The quantitative estimate of drug-likeness (QED) is 0.479. The van der Waals surface area contributed by atoms with Gasteiger partial charge < -0.3 is 4.74 Å². The molecular formula is C14H21IO. The van der Waals surface area contributed by atoms with Gasteiger partial charge >= 0.3 is 0 Å². The summed E-state index contributed by atoms with van der Waals surface area (Å²) in [5, 5.41) is 0. The summed E-state index contributed by atoms with van der Waals surface area (Å²) >= 11 is 2.30. The van der Waals surface area contributed by atoms with Gasteiger partial charge in [-0.3, -0.25) is 0 Å². The van der Waals surface area contributed by atoms with Crippen LogP contribution in [0.3, 0.4) is 0 Å². The van der Waals surface area contributed by atoms with E-state index in [1.165, 1.54) is 42.1 Å². The first-order valence-electron chi connectivity index (χ1n) is 6.21. The van der Waals surface area contributed by atoms with Gasteiger partial charge in [0.05, 0.1) is 6.61 Å². The van der Waals surface area contributed by atoms with E-state index in [0.717, 1.165) is 12.4 Å². The van der Waals surface area contributed by atoms with Crippen molar-refractivity contribution in [3.8, 4) is 5.75 Å². The average Bonchev–Trinajstić information content (AvgIpc) is 2.30. The molecule has 1 aromatic carbocycles. The third-order valence-corrected chi connectivity index (χ3v) is 3.30. The first kappa shape index (κ1) is 13.8.